The summed E-state index contributed by atoms with van der Waals surface area (Å²) in [6.45, 7) is 12.0. The first kappa shape index (κ1) is 84.1. The van der Waals surface area contributed by atoms with Gasteiger partial charge in [-0.25, -0.2) is 0 Å². The third-order valence-electron chi connectivity index (χ3n) is 24.4. The molecule has 0 fully saturated rings. The van der Waals surface area contributed by atoms with Gasteiger partial charge in [0.1, 0.15) is 23.0 Å². The van der Waals surface area contributed by atoms with Gasteiger partial charge in [-0.1, -0.05) is 403 Å². The summed E-state index contributed by atoms with van der Waals surface area (Å²) in [6.07, 6.45) is 51.9. The van der Waals surface area contributed by atoms with Crippen LogP contribution in [0.15, 0.2) is 193 Å². The van der Waals surface area contributed by atoms with Crippen molar-refractivity contribution in [1.82, 2.24) is 0 Å². The molecule has 13 rings (SSSR count). The Morgan fingerprint density at radius 1 is 0.181 bits per heavy atom. The van der Waals surface area contributed by atoms with E-state index in [-0.39, 0.29) is 0 Å². The second-order valence-electron chi connectivity index (χ2n) is 33.1. The molecule has 0 spiro atoms. The fourth-order valence-electron chi connectivity index (χ4n) is 18.1. The van der Waals surface area contributed by atoms with E-state index in [9.17, 15) is 0 Å². The molecule has 0 amide bonds. The van der Waals surface area contributed by atoms with Gasteiger partial charge in [-0.2, -0.15) is 0 Å². The number of rotatable bonds is 52. The zero-order chi connectivity index (χ0) is 79.6. The van der Waals surface area contributed by atoms with Gasteiger partial charge in [-0.05, 0) is 206 Å². The van der Waals surface area contributed by atoms with Crippen molar-refractivity contribution in [2.45, 2.75) is 285 Å². The maximum absolute atomic E-state index is 6.49. The average Bonchev–Trinajstić information content (AvgIpc) is 0.708. The summed E-state index contributed by atoms with van der Waals surface area (Å²) >= 11 is 0. The number of fused-ring (bicyclic) bond motifs is 6. The molecular weight excluding hydrogens is 1410 g/mol. The number of unbranched alkanes of at least 4 members (excludes halogenated alkanes) is 36. The van der Waals surface area contributed by atoms with E-state index in [0.717, 1.165) is 183 Å². The van der Waals surface area contributed by atoms with E-state index in [1.165, 1.54) is 253 Å². The van der Waals surface area contributed by atoms with Crippen molar-refractivity contribution in [3.8, 4) is 67.5 Å². The van der Waals surface area contributed by atoms with Crippen LogP contribution in [0, 0.1) is 0 Å². The Balaban J connectivity index is 0.885. The molecule has 0 aliphatic heterocycles. The molecule has 0 bridgehead atoms. The van der Waals surface area contributed by atoms with E-state index in [1.54, 1.807) is 0 Å². The van der Waals surface area contributed by atoms with Crippen LogP contribution in [-0.4, -0.2) is 26.4 Å². The van der Waals surface area contributed by atoms with Gasteiger partial charge in [0, 0.05) is 20.9 Å². The Kier molecular flexibility index (Phi) is 33.1. The number of hydrogen-bond acceptors (Lipinski definition) is 4. The van der Waals surface area contributed by atoms with E-state index < -0.39 is 0 Å². The van der Waals surface area contributed by atoms with Crippen molar-refractivity contribution < 1.29 is 18.9 Å². The predicted molar refractivity (Wildman–Crippen MR) is 498 cm³/mol. The zero-order valence-electron chi connectivity index (χ0n) is 70.9. The highest BCUT2D eigenvalue weighted by molar-refractivity contribution is 6.32. The Labute approximate surface area is 694 Å². The minimum Gasteiger partial charge on any atom is -0.494 e. The smallest absolute Gasteiger partial charge is 0.119 e. The number of ether oxygens (including phenoxy) is 4. The highest BCUT2D eigenvalue weighted by atomic mass is 16.5. The van der Waals surface area contributed by atoms with E-state index in [2.05, 4.69) is 243 Å². The average molecular weight is 1540 g/mol. The van der Waals surface area contributed by atoms with E-state index in [4.69, 9.17) is 18.9 Å². The first-order valence-electron chi connectivity index (χ1n) is 46.1. The highest BCUT2D eigenvalue weighted by Crippen LogP contribution is 2.49. The summed E-state index contributed by atoms with van der Waals surface area (Å²) in [6, 6.07) is 62.4. The molecule has 0 radical (unpaired) electrons. The van der Waals surface area contributed by atoms with Crippen LogP contribution in [0.4, 0.5) is 0 Å². The molecule has 12 aromatic rings. The van der Waals surface area contributed by atoms with E-state index in [1.807, 2.05) is 0 Å². The highest BCUT2D eigenvalue weighted by Gasteiger charge is 2.25. The maximum Gasteiger partial charge on any atom is 0.119 e. The molecule has 4 nitrogen and oxygen atoms in total. The van der Waals surface area contributed by atoms with Gasteiger partial charge in [0.25, 0.3) is 0 Å². The van der Waals surface area contributed by atoms with Crippen LogP contribution < -0.4 is 39.8 Å². The minimum absolute atomic E-state index is 0.718. The standard InChI is InChI=1S/C112H128O4/c1-5-9-13-17-21-25-29-33-37-45-81-113-89-73-65-85(66-74-89)105-101-61-49-57-97-93-53-41-42-55-95-96(56-44-43-54-94(93)98-58-50-62-102(110(98)109(97)101)106(105)86-67-75-90(76-68-86)114-82-46-38-34-30-26-22-18-14-10-6-2)100-60-52-64-104-108(88-71-79-92(80-72-88)116-84-48-40-36-32-28-24-20-16-12-8-4)107(103-63-51-59-99(95)111(103)112(100)104)87-69-77-91(78-70-87)115-83-47-39-35-31-27-23-19-15-11-7-3/h49-52,57-80H,5-40,45-48,81-84H2,1-4H3. The van der Waals surface area contributed by atoms with Gasteiger partial charge < -0.3 is 18.9 Å². The molecule has 1 aliphatic rings. The lowest BCUT2D eigenvalue weighted by Crippen LogP contribution is -2.25. The van der Waals surface area contributed by atoms with Crippen LogP contribution in [0.5, 0.6) is 23.0 Å². The summed E-state index contributed by atoms with van der Waals surface area (Å²) < 4.78 is 26.0. The Hall–Kier alpha value is -9.84. The Morgan fingerprint density at radius 3 is 0.526 bits per heavy atom. The van der Waals surface area contributed by atoms with Gasteiger partial charge in [0.05, 0.1) is 26.4 Å². The summed E-state index contributed by atoms with van der Waals surface area (Å²) in [5.41, 5.74) is 37.9. The molecule has 0 heterocycles. The molecule has 0 atom stereocenters. The van der Waals surface area contributed by atoms with Crippen LogP contribution >= 0.6 is 0 Å². The van der Waals surface area contributed by atoms with Gasteiger partial charge in [-0.15, -0.1) is 0 Å². The molecule has 0 N–H and O–H groups in total. The Morgan fingerprint density at radius 2 is 0.345 bits per heavy atom. The van der Waals surface area contributed by atoms with Crippen molar-refractivity contribution in [2.24, 2.45) is 0 Å². The predicted octanol–water partition coefficient (Wildman–Crippen LogP) is 30.3. The topological polar surface area (TPSA) is 36.9 Å². The molecule has 0 saturated heterocycles. The second kappa shape index (κ2) is 45.6. The third-order valence-corrected chi connectivity index (χ3v) is 24.4. The number of benzene rings is 12. The van der Waals surface area contributed by atoms with Crippen LogP contribution in [0.2, 0.25) is 0 Å². The molecular formula is C112H128O4. The monoisotopic (exact) mass is 1540 g/mol. The van der Waals surface area contributed by atoms with Crippen LogP contribution in [-0.2, 0) is 0 Å². The molecule has 0 saturated carbocycles. The van der Waals surface area contributed by atoms with Crippen LogP contribution in [0.3, 0.4) is 0 Å². The summed E-state index contributed by atoms with van der Waals surface area (Å²) in [7, 11) is 0. The lowest BCUT2D eigenvalue weighted by Gasteiger charge is -2.21. The number of hydrogen-bond donors (Lipinski definition) is 0. The van der Waals surface area contributed by atoms with Gasteiger partial charge in [0.15, 0.2) is 0 Å². The van der Waals surface area contributed by atoms with Crippen molar-refractivity contribution in [1.29, 1.82) is 0 Å². The molecule has 12 aromatic carbocycles. The van der Waals surface area contributed by atoms with Crippen molar-refractivity contribution in [3.05, 3.63) is 214 Å². The van der Waals surface area contributed by atoms with Crippen molar-refractivity contribution in [3.63, 3.8) is 0 Å². The maximum atomic E-state index is 6.49. The second-order valence-corrected chi connectivity index (χ2v) is 33.1. The normalized spacial score (nSPS) is 11.8. The molecule has 0 unspecified atom stereocenters. The van der Waals surface area contributed by atoms with Crippen LogP contribution in [0.25, 0.3) is 132 Å². The molecule has 1 aliphatic carbocycles. The van der Waals surface area contributed by atoms with Gasteiger partial charge in [0.2, 0.25) is 0 Å². The molecule has 116 heavy (non-hydrogen) atoms. The van der Waals surface area contributed by atoms with Crippen LogP contribution in [0.1, 0.15) is 285 Å². The fourth-order valence-corrected chi connectivity index (χ4v) is 18.1. The lowest BCUT2D eigenvalue weighted by molar-refractivity contribution is 0.304. The summed E-state index contributed by atoms with van der Waals surface area (Å²) in [4.78, 5) is 0. The molecule has 4 heteroatoms. The fraction of sp³-hybridized carbons (Fsp3) is 0.429. The first-order valence-corrected chi connectivity index (χ1v) is 46.1. The molecule has 600 valence electrons. The summed E-state index contributed by atoms with van der Waals surface area (Å²) in [5, 5.41) is 16.9. The first-order chi connectivity index (χ1) is 57.6. The largest absolute Gasteiger partial charge is 0.494 e. The third kappa shape index (κ3) is 22.1. The quantitative estimate of drug-likeness (QED) is 0.0216. The minimum atomic E-state index is 0.718. The van der Waals surface area contributed by atoms with Gasteiger partial charge in [-0.3, -0.25) is 0 Å². The Bertz CT molecular complexity index is 4930. The zero-order valence-corrected chi connectivity index (χ0v) is 70.9. The van der Waals surface area contributed by atoms with Crippen molar-refractivity contribution in [2.75, 3.05) is 26.4 Å². The van der Waals surface area contributed by atoms with Gasteiger partial charge >= 0.3 is 0 Å². The SMILES string of the molecule is CCCCCCCCCCCCOc1ccc(-c2c(-c3ccc(OCCCCCCCCCCCC)cc3)c3cccc4c5c(c6cccc2c6c34)=C=C=C=C=c2c(c3cccc4c(-c6ccc(OCCCCCCCCCCCC)cc6)c(-c6ccc(OCCCCCCCCCCCC)cc6)c6cccc2c6c43)=C=C=C=C=5)cc1. The van der Waals surface area contributed by atoms with Crippen molar-refractivity contribution >= 4 is 87.6 Å². The molecule has 0 aromatic heterocycles. The summed E-state index contributed by atoms with van der Waals surface area (Å²) in [5.74, 6) is 3.60. The lowest BCUT2D eigenvalue weighted by atomic mass is 9.81. The van der Waals surface area contributed by atoms with E-state index >= 15 is 0 Å². The van der Waals surface area contributed by atoms with E-state index in [0.29, 0.717) is 0 Å².